The van der Waals surface area contributed by atoms with Crippen LogP contribution in [-0.2, 0) is 19.3 Å². The standard InChI is InChI=1S/C6H12O4/c1-5(10-8-3)4-9-6(2)7/h5H,4H2,1-3H3. The number of esters is 1. The molecule has 0 N–H and O–H groups in total. The van der Waals surface area contributed by atoms with Crippen molar-refractivity contribution in [1.82, 2.24) is 0 Å². The third kappa shape index (κ3) is 5.53. The van der Waals surface area contributed by atoms with Gasteiger partial charge in [0.05, 0.1) is 7.11 Å². The Labute approximate surface area is 60.0 Å². The highest BCUT2D eigenvalue weighted by atomic mass is 17.2. The summed E-state index contributed by atoms with van der Waals surface area (Å²) in [6.45, 7) is 3.31. The zero-order valence-corrected chi connectivity index (χ0v) is 6.42. The van der Waals surface area contributed by atoms with Crippen LogP contribution in [0.2, 0.25) is 0 Å². The second kappa shape index (κ2) is 5.20. The first kappa shape index (κ1) is 9.39. The Morgan fingerprint density at radius 1 is 1.60 bits per heavy atom. The van der Waals surface area contributed by atoms with E-state index < -0.39 is 0 Å². The molecule has 1 unspecified atom stereocenters. The largest absolute Gasteiger partial charge is 0.463 e. The predicted octanol–water partition coefficient (Wildman–Crippen LogP) is 0.516. The van der Waals surface area contributed by atoms with Gasteiger partial charge in [-0.05, 0) is 6.92 Å². The lowest BCUT2D eigenvalue weighted by Gasteiger charge is -2.08. The highest BCUT2D eigenvalue weighted by Gasteiger charge is 2.03. The molecule has 0 aliphatic heterocycles. The van der Waals surface area contributed by atoms with Crippen molar-refractivity contribution >= 4 is 5.97 Å². The number of hydrogen-bond donors (Lipinski definition) is 0. The summed E-state index contributed by atoms with van der Waals surface area (Å²) in [5.41, 5.74) is 0. The normalized spacial score (nSPS) is 12.7. The Bertz CT molecular complexity index is 102. The number of ether oxygens (including phenoxy) is 1. The van der Waals surface area contributed by atoms with Crippen LogP contribution < -0.4 is 0 Å². The van der Waals surface area contributed by atoms with Crippen LogP contribution in [0.1, 0.15) is 13.8 Å². The first-order valence-corrected chi connectivity index (χ1v) is 2.99. The quantitative estimate of drug-likeness (QED) is 0.331. The molecule has 0 aliphatic carbocycles. The van der Waals surface area contributed by atoms with E-state index in [2.05, 4.69) is 14.5 Å². The highest BCUT2D eigenvalue weighted by Crippen LogP contribution is 1.91. The number of hydrogen-bond acceptors (Lipinski definition) is 4. The lowest BCUT2D eigenvalue weighted by atomic mass is 10.4. The fourth-order valence-electron chi connectivity index (χ4n) is 0.427. The van der Waals surface area contributed by atoms with Gasteiger partial charge in [-0.15, -0.1) is 0 Å². The average Bonchev–Trinajstić information content (AvgIpc) is 1.85. The smallest absolute Gasteiger partial charge is 0.302 e. The van der Waals surface area contributed by atoms with E-state index in [0.29, 0.717) is 0 Å². The fourth-order valence-corrected chi connectivity index (χ4v) is 0.427. The fraction of sp³-hybridized carbons (Fsp3) is 0.833. The number of rotatable bonds is 4. The summed E-state index contributed by atoms with van der Waals surface area (Å²) in [4.78, 5) is 19.2. The first-order valence-electron chi connectivity index (χ1n) is 2.99. The van der Waals surface area contributed by atoms with Crippen molar-refractivity contribution in [2.45, 2.75) is 20.0 Å². The summed E-state index contributed by atoms with van der Waals surface area (Å²) in [7, 11) is 1.41. The monoisotopic (exact) mass is 148 g/mol. The minimum absolute atomic E-state index is 0.214. The molecule has 0 aromatic heterocycles. The van der Waals surface area contributed by atoms with Gasteiger partial charge in [0, 0.05) is 6.92 Å². The summed E-state index contributed by atoms with van der Waals surface area (Å²) in [6.07, 6.45) is -0.214. The van der Waals surface area contributed by atoms with Gasteiger partial charge in [-0.2, -0.15) is 0 Å². The molecule has 0 saturated heterocycles. The SMILES string of the molecule is COOC(C)COC(C)=O. The van der Waals surface area contributed by atoms with Crippen molar-refractivity contribution in [2.24, 2.45) is 0 Å². The first-order chi connectivity index (χ1) is 4.66. The molecular weight excluding hydrogens is 136 g/mol. The van der Waals surface area contributed by atoms with E-state index >= 15 is 0 Å². The third-order valence-electron chi connectivity index (χ3n) is 0.782. The maximum Gasteiger partial charge on any atom is 0.302 e. The van der Waals surface area contributed by atoms with Crippen molar-refractivity contribution in [3.8, 4) is 0 Å². The van der Waals surface area contributed by atoms with Gasteiger partial charge in [-0.1, -0.05) is 0 Å². The van der Waals surface area contributed by atoms with Crippen molar-refractivity contribution in [2.75, 3.05) is 13.7 Å². The highest BCUT2D eigenvalue weighted by molar-refractivity contribution is 5.65. The maximum atomic E-state index is 10.2. The van der Waals surface area contributed by atoms with E-state index in [1.54, 1.807) is 6.92 Å². The number of carbonyl (C=O) groups is 1. The summed E-state index contributed by atoms with van der Waals surface area (Å²) in [5.74, 6) is -0.313. The molecule has 0 aromatic rings. The molecule has 0 aromatic carbocycles. The lowest BCUT2D eigenvalue weighted by molar-refractivity contribution is -0.306. The molecule has 0 rings (SSSR count). The van der Waals surface area contributed by atoms with Crippen molar-refractivity contribution in [3.05, 3.63) is 0 Å². The van der Waals surface area contributed by atoms with Crippen LogP contribution in [-0.4, -0.2) is 25.8 Å². The van der Waals surface area contributed by atoms with Gasteiger partial charge in [0.15, 0.2) is 0 Å². The number of carbonyl (C=O) groups excluding carboxylic acids is 1. The third-order valence-corrected chi connectivity index (χ3v) is 0.782. The van der Waals surface area contributed by atoms with Gasteiger partial charge >= 0.3 is 5.97 Å². The molecule has 0 radical (unpaired) electrons. The topological polar surface area (TPSA) is 44.8 Å². The van der Waals surface area contributed by atoms with E-state index in [-0.39, 0.29) is 18.7 Å². The molecule has 4 heteroatoms. The van der Waals surface area contributed by atoms with Crippen LogP contribution in [0.15, 0.2) is 0 Å². The van der Waals surface area contributed by atoms with Gasteiger partial charge in [-0.3, -0.25) is 4.79 Å². The molecule has 1 atom stereocenters. The molecule has 0 aliphatic rings. The molecule has 0 bridgehead atoms. The van der Waals surface area contributed by atoms with Crippen LogP contribution in [0.5, 0.6) is 0 Å². The molecule has 4 nitrogen and oxygen atoms in total. The Balaban J connectivity index is 3.21. The van der Waals surface area contributed by atoms with E-state index in [1.165, 1.54) is 14.0 Å². The van der Waals surface area contributed by atoms with Crippen molar-refractivity contribution in [1.29, 1.82) is 0 Å². The average molecular weight is 148 g/mol. The van der Waals surface area contributed by atoms with Gasteiger partial charge in [0.25, 0.3) is 0 Å². The molecule has 0 saturated carbocycles. The van der Waals surface area contributed by atoms with Crippen LogP contribution >= 0.6 is 0 Å². The minimum atomic E-state index is -0.313. The zero-order chi connectivity index (χ0) is 7.98. The molecule has 10 heavy (non-hydrogen) atoms. The second-order valence-electron chi connectivity index (χ2n) is 1.88. The molecule has 60 valence electrons. The van der Waals surface area contributed by atoms with Gasteiger partial charge < -0.3 is 4.74 Å². The Morgan fingerprint density at radius 3 is 2.60 bits per heavy atom. The van der Waals surface area contributed by atoms with Crippen LogP contribution in [0, 0.1) is 0 Å². The molecule has 0 fully saturated rings. The molecular formula is C6H12O4. The lowest BCUT2D eigenvalue weighted by Crippen LogP contribution is -2.17. The maximum absolute atomic E-state index is 10.2. The van der Waals surface area contributed by atoms with E-state index in [4.69, 9.17) is 0 Å². The minimum Gasteiger partial charge on any atom is -0.463 e. The summed E-state index contributed by atoms with van der Waals surface area (Å²) in [5, 5.41) is 0. The molecule has 0 spiro atoms. The van der Waals surface area contributed by atoms with Crippen LogP contribution in [0.25, 0.3) is 0 Å². The van der Waals surface area contributed by atoms with Crippen molar-refractivity contribution in [3.63, 3.8) is 0 Å². The zero-order valence-electron chi connectivity index (χ0n) is 6.42. The van der Waals surface area contributed by atoms with E-state index in [0.717, 1.165) is 0 Å². The molecule has 0 heterocycles. The van der Waals surface area contributed by atoms with E-state index in [1.807, 2.05) is 0 Å². The van der Waals surface area contributed by atoms with Crippen LogP contribution in [0.4, 0.5) is 0 Å². The predicted molar refractivity (Wildman–Crippen MR) is 34.2 cm³/mol. The second-order valence-corrected chi connectivity index (χ2v) is 1.88. The van der Waals surface area contributed by atoms with Gasteiger partial charge in [0.1, 0.15) is 12.7 Å². The van der Waals surface area contributed by atoms with Gasteiger partial charge in [0.2, 0.25) is 0 Å². The van der Waals surface area contributed by atoms with Crippen molar-refractivity contribution < 1.29 is 19.3 Å². The van der Waals surface area contributed by atoms with E-state index in [9.17, 15) is 4.79 Å². The Hall–Kier alpha value is -0.610. The Kier molecular flexibility index (Phi) is 4.88. The van der Waals surface area contributed by atoms with Crippen LogP contribution in [0.3, 0.4) is 0 Å². The summed E-state index contributed by atoms with van der Waals surface area (Å²) in [6, 6.07) is 0. The summed E-state index contributed by atoms with van der Waals surface area (Å²) >= 11 is 0. The Morgan fingerprint density at radius 2 is 2.20 bits per heavy atom. The van der Waals surface area contributed by atoms with Gasteiger partial charge in [-0.25, -0.2) is 9.78 Å². The summed E-state index contributed by atoms with van der Waals surface area (Å²) < 4.78 is 4.61. The molecule has 0 amide bonds.